The third kappa shape index (κ3) is 4.21. The van der Waals surface area contributed by atoms with Gasteiger partial charge in [-0.1, -0.05) is 29.8 Å². The van der Waals surface area contributed by atoms with Gasteiger partial charge in [0.05, 0.1) is 16.9 Å². The minimum Gasteiger partial charge on any atom is -0.306 e. The van der Waals surface area contributed by atoms with Gasteiger partial charge in [0, 0.05) is 24.0 Å². The first-order valence-electron chi connectivity index (χ1n) is 10.7. The molecule has 0 aliphatic rings. The predicted molar refractivity (Wildman–Crippen MR) is 128 cm³/mol. The first kappa shape index (κ1) is 21.3. The molecule has 3 aromatic heterocycles. The van der Waals surface area contributed by atoms with Gasteiger partial charge >= 0.3 is 0 Å². The lowest BCUT2D eigenvalue weighted by molar-refractivity contribution is 0.102. The van der Waals surface area contributed by atoms with Crippen LogP contribution in [0.2, 0.25) is 0 Å². The van der Waals surface area contributed by atoms with Gasteiger partial charge in [-0.2, -0.15) is 14.9 Å². The van der Waals surface area contributed by atoms with Crippen molar-refractivity contribution in [1.82, 2.24) is 24.5 Å². The summed E-state index contributed by atoms with van der Waals surface area (Å²) in [6.07, 6.45) is 3.31. The van der Waals surface area contributed by atoms with Crippen LogP contribution in [0.15, 0.2) is 85.2 Å². The molecule has 2 aromatic carbocycles. The molecular weight excluding hydrogens is 431 g/mol. The molecule has 3 heterocycles. The molecule has 0 spiro atoms. The van der Waals surface area contributed by atoms with E-state index in [4.69, 9.17) is 0 Å². The molecule has 0 fully saturated rings. The van der Waals surface area contributed by atoms with Gasteiger partial charge < -0.3 is 5.32 Å². The number of hydrogen-bond acceptors (Lipinski definition) is 4. The summed E-state index contributed by atoms with van der Waals surface area (Å²) in [5.41, 5.74) is 4.13. The lowest BCUT2D eigenvalue weighted by Gasteiger charge is -2.08. The minimum absolute atomic E-state index is 0.342. The van der Waals surface area contributed by atoms with Crippen molar-refractivity contribution in [1.29, 1.82) is 0 Å². The topological polar surface area (TPSA) is 77.6 Å². The maximum atomic E-state index is 13.5. The van der Waals surface area contributed by atoms with Crippen LogP contribution in [0.25, 0.3) is 22.8 Å². The van der Waals surface area contributed by atoms with Crippen LogP contribution >= 0.6 is 0 Å². The normalized spacial score (nSPS) is 10.9. The summed E-state index contributed by atoms with van der Waals surface area (Å²) in [5.74, 6) is 0.394. The van der Waals surface area contributed by atoms with Gasteiger partial charge in [0.15, 0.2) is 5.82 Å². The van der Waals surface area contributed by atoms with Crippen LogP contribution in [0, 0.1) is 19.7 Å². The van der Waals surface area contributed by atoms with Crippen molar-refractivity contribution in [2.24, 2.45) is 0 Å². The van der Waals surface area contributed by atoms with E-state index in [0.29, 0.717) is 28.6 Å². The maximum absolute atomic E-state index is 13.5. The van der Waals surface area contributed by atoms with Crippen molar-refractivity contribution in [3.63, 3.8) is 0 Å². The van der Waals surface area contributed by atoms with Gasteiger partial charge in [-0.15, -0.1) is 0 Å². The van der Waals surface area contributed by atoms with E-state index >= 15 is 0 Å². The second kappa shape index (κ2) is 8.74. The summed E-state index contributed by atoms with van der Waals surface area (Å²) in [6.45, 7) is 3.83. The Balaban J connectivity index is 1.56. The van der Waals surface area contributed by atoms with E-state index in [0.717, 1.165) is 16.8 Å². The van der Waals surface area contributed by atoms with Gasteiger partial charge in [0.2, 0.25) is 0 Å². The fraction of sp³-hybridized carbons (Fsp3) is 0.0769. The third-order valence-electron chi connectivity index (χ3n) is 5.28. The molecule has 0 radical (unpaired) electrons. The number of carbonyl (C=O) groups excluding carboxylic acids is 1. The molecule has 8 heteroatoms. The van der Waals surface area contributed by atoms with Gasteiger partial charge in [-0.3, -0.25) is 4.79 Å². The Morgan fingerprint density at radius 1 is 0.941 bits per heavy atom. The summed E-state index contributed by atoms with van der Waals surface area (Å²) < 4.78 is 16.6. The van der Waals surface area contributed by atoms with Crippen LogP contribution in [0.3, 0.4) is 0 Å². The highest BCUT2D eigenvalue weighted by Crippen LogP contribution is 2.26. The van der Waals surface area contributed by atoms with Crippen molar-refractivity contribution in [2.75, 3.05) is 5.32 Å². The second-order valence-corrected chi connectivity index (χ2v) is 7.91. The summed E-state index contributed by atoms with van der Waals surface area (Å²) in [6, 6.07) is 21.0. The summed E-state index contributed by atoms with van der Waals surface area (Å²) in [7, 11) is 0. The van der Waals surface area contributed by atoms with Crippen LogP contribution in [0.1, 0.15) is 21.6 Å². The molecule has 0 bridgehead atoms. The summed E-state index contributed by atoms with van der Waals surface area (Å²) in [4.78, 5) is 17.8. The first-order valence-corrected chi connectivity index (χ1v) is 10.7. The number of nitrogens with one attached hydrogen (secondary N) is 1. The standard InChI is InChI=1S/C26H21FN6O/c1-17-6-5-7-19(14-17)25-22(16-32(31-25)21-11-9-20(27)10-12-21)26(34)29-24-15-18(2)30-33(24)23-8-3-4-13-28-23/h3-16H,1-2H3,(H,29,34). The van der Waals surface area contributed by atoms with E-state index in [2.05, 4.69) is 20.5 Å². The molecule has 1 amide bonds. The lowest BCUT2D eigenvalue weighted by Crippen LogP contribution is -2.16. The smallest absolute Gasteiger partial charge is 0.260 e. The minimum atomic E-state index is -0.345. The fourth-order valence-electron chi connectivity index (χ4n) is 3.70. The molecule has 0 unspecified atom stereocenters. The molecular formula is C26H21FN6O. The van der Waals surface area contributed by atoms with Crippen molar-refractivity contribution < 1.29 is 9.18 Å². The van der Waals surface area contributed by atoms with E-state index < -0.39 is 0 Å². The molecule has 1 N–H and O–H groups in total. The molecule has 168 valence electrons. The number of carbonyl (C=O) groups is 1. The van der Waals surface area contributed by atoms with Crippen molar-refractivity contribution in [3.05, 3.63) is 108 Å². The quantitative estimate of drug-likeness (QED) is 0.401. The average Bonchev–Trinajstić information content (AvgIpc) is 3.44. The maximum Gasteiger partial charge on any atom is 0.260 e. The van der Waals surface area contributed by atoms with E-state index in [1.54, 1.807) is 40.0 Å². The number of anilines is 1. The Bertz CT molecular complexity index is 1470. The number of benzene rings is 2. The molecule has 5 aromatic rings. The Hall–Kier alpha value is -4.59. The highest BCUT2D eigenvalue weighted by molar-refractivity contribution is 6.07. The van der Waals surface area contributed by atoms with Crippen molar-refractivity contribution in [2.45, 2.75) is 13.8 Å². The third-order valence-corrected chi connectivity index (χ3v) is 5.28. The number of aromatic nitrogens is 5. The zero-order valence-electron chi connectivity index (χ0n) is 18.6. The highest BCUT2D eigenvalue weighted by atomic mass is 19.1. The van der Waals surface area contributed by atoms with Gasteiger partial charge in [0.25, 0.3) is 5.91 Å². The Kier molecular flexibility index (Phi) is 5.47. The van der Waals surface area contributed by atoms with E-state index in [1.807, 2.05) is 56.3 Å². The molecule has 7 nitrogen and oxygen atoms in total. The molecule has 5 rings (SSSR count). The zero-order chi connectivity index (χ0) is 23.7. The Morgan fingerprint density at radius 3 is 2.50 bits per heavy atom. The zero-order valence-corrected chi connectivity index (χ0v) is 18.6. The number of aryl methyl sites for hydroxylation is 2. The first-order chi connectivity index (χ1) is 16.5. The van der Waals surface area contributed by atoms with Crippen LogP contribution in [0.4, 0.5) is 10.2 Å². The number of hydrogen-bond donors (Lipinski definition) is 1. The number of amides is 1. The number of rotatable bonds is 5. The lowest BCUT2D eigenvalue weighted by atomic mass is 10.1. The summed E-state index contributed by atoms with van der Waals surface area (Å²) in [5, 5.41) is 12.1. The fourth-order valence-corrected chi connectivity index (χ4v) is 3.70. The SMILES string of the molecule is Cc1cccc(-c2nn(-c3ccc(F)cc3)cc2C(=O)Nc2cc(C)nn2-c2ccccn2)c1. The largest absolute Gasteiger partial charge is 0.306 e. The van der Waals surface area contributed by atoms with Gasteiger partial charge in [-0.25, -0.2) is 14.1 Å². The van der Waals surface area contributed by atoms with Crippen molar-refractivity contribution in [3.8, 4) is 22.8 Å². The highest BCUT2D eigenvalue weighted by Gasteiger charge is 2.21. The monoisotopic (exact) mass is 452 g/mol. The van der Waals surface area contributed by atoms with Crippen LogP contribution in [-0.2, 0) is 0 Å². The van der Waals surface area contributed by atoms with E-state index in [9.17, 15) is 9.18 Å². The predicted octanol–water partition coefficient (Wildman–Crippen LogP) is 5.13. The number of nitrogens with zero attached hydrogens (tertiary/aromatic N) is 5. The second-order valence-electron chi connectivity index (χ2n) is 7.91. The molecule has 0 saturated heterocycles. The molecule has 0 saturated carbocycles. The van der Waals surface area contributed by atoms with Crippen LogP contribution in [-0.4, -0.2) is 30.5 Å². The summed E-state index contributed by atoms with van der Waals surface area (Å²) >= 11 is 0. The molecule has 0 aliphatic heterocycles. The molecule has 0 atom stereocenters. The van der Waals surface area contributed by atoms with Crippen LogP contribution < -0.4 is 5.32 Å². The van der Waals surface area contributed by atoms with E-state index in [1.165, 1.54) is 12.1 Å². The van der Waals surface area contributed by atoms with E-state index in [-0.39, 0.29) is 11.7 Å². The number of pyridine rings is 1. The average molecular weight is 452 g/mol. The Labute approximate surface area is 195 Å². The molecule has 0 aliphatic carbocycles. The van der Waals surface area contributed by atoms with Crippen molar-refractivity contribution >= 4 is 11.7 Å². The molecule has 34 heavy (non-hydrogen) atoms. The van der Waals surface area contributed by atoms with Gasteiger partial charge in [-0.05, 0) is 56.3 Å². The Morgan fingerprint density at radius 2 is 1.76 bits per heavy atom. The van der Waals surface area contributed by atoms with Gasteiger partial charge in [0.1, 0.15) is 17.3 Å². The van der Waals surface area contributed by atoms with Crippen LogP contribution in [0.5, 0.6) is 0 Å². The number of halogens is 1.